The van der Waals surface area contributed by atoms with Gasteiger partial charge in [0.25, 0.3) is 0 Å². The minimum absolute atomic E-state index is 0.358. The first-order valence-electron chi connectivity index (χ1n) is 5.34. The predicted octanol–water partition coefficient (Wildman–Crippen LogP) is 3.00. The van der Waals surface area contributed by atoms with Gasteiger partial charge < -0.3 is 10.4 Å². The van der Waals surface area contributed by atoms with E-state index in [0.717, 1.165) is 23.0 Å². The fourth-order valence-corrected chi connectivity index (χ4v) is 2.71. The second kappa shape index (κ2) is 4.14. The molecule has 82 valence electrons. The van der Waals surface area contributed by atoms with Gasteiger partial charge in [-0.25, -0.2) is 0 Å². The maximum Gasteiger partial charge on any atom is 0.120 e. The smallest absolute Gasteiger partial charge is 0.120 e. The molecule has 0 saturated heterocycles. The molecule has 15 heavy (non-hydrogen) atoms. The maximum absolute atomic E-state index is 9.88. The Morgan fingerprint density at radius 1 is 1.47 bits per heavy atom. The first-order chi connectivity index (χ1) is 7.09. The summed E-state index contributed by atoms with van der Waals surface area (Å²) in [6.07, 6.45) is 0.914. The highest BCUT2D eigenvalue weighted by molar-refractivity contribution is 9.10. The third kappa shape index (κ3) is 2.04. The van der Waals surface area contributed by atoms with E-state index in [2.05, 4.69) is 41.2 Å². The van der Waals surface area contributed by atoms with Crippen LogP contribution >= 0.6 is 15.9 Å². The Labute approximate surface area is 98.8 Å². The van der Waals surface area contributed by atoms with E-state index in [9.17, 15) is 5.11 Å². The fraction of sp³-hybridized carbons (Fsp3) is 0.500. The number of rotatable bonds is 1. The molecule has 1 aliphatic heterocycles. The average molecular weight is 270 g/mol. The van der Waals surface area contributed by atoms with E-state index in [4.69, 9.17) is 0 Å². The molecule has 2 N–H and O–H groups in total. The molecular weight excluding hydrogens is 254 g/mol. The topological polar surface area (TPSA) is 32.3 Å². The highest BCUT2D eigenvalue weighted by Gasteiger charge is 2.24. The summed E-state index contributed by atoms with van der Waals surface area (Å²) in [5, 5.41) is 13.4. The molecule has 0 radical (unpaired) electrons. The van der Waals surface area contributed by atoms with Crippen molar-refractivity contribution in [2.75, 3.05) is 6.54 Å². The van der Waals surface area contributed by atoms with Crippen molar-refractivity contribution in [2.45, 2.75) is 26.3 Å². The van der Waals surface area contributed by atoms with Crippen LogP contribution in [0.3, 0.4) is 0 Å². The van der Waals surface area contributed by atoms with Gasteiger partial charge in [-0.05, 0) is 42.1 Å². The highest BCUT2D eigenvalue weighted by atomic mass is 79.9. The Morgan fingerprint density at radius 2 is 2.20 bits per heavy atom. The molecule has 2 rings (SSSR count). The molecule has 0 bridgehead atoms. The Kier molecular flexibility index (Phi) is 3.03. The van der Waals surface area contributed by atoms with E-state index in [0.29, 0.717) is 17.7 Å². The van der Waals surface area contributed by atoms with Gasteiger partial charge in [0.1, 0.15) is 5.75 Å². The SMILES string of the molecule is CC(C)C1NCCc2c(O)cc(Br)cc21. The van der Waals surface area contributed by atoms with Crippen LogP contribution in [0.15, 0.2) is 16.6 Å². The van der Waals surface area contributed by atoms with Crippen LogP contribution in [0.1, 0.15) is 31.0 Å². The van der Waals surface area contributed by atoms with Crippen molar-refractivity contribution in [2.24, 2.45) is 5.92 Å². The van der Waals surface area contributed by atoms with Crippen LogP contribution in [0.25, 0.3) is 0 Å². The molecule has 0 spiro atoms. The van der Waals surface area contributed by atoms with Gasteiger partial charge in [0.05, 0.1) is 0 Å². The summed E-state index contributed by atoms with van der Waals surface area (Å²) < 4.78 is 0.952. The summed E-state index contributed by atoms with van der Waals surface area (Å²) in [7, 11) is 0. The van der Waals surface area contributed by atoms with Crippen LogP contribution in [-0.4, -0.2) is 11.7 Å². The number of hydrogen-bond donors (Lipinski definition) is 2. The molecule has 1 atom stereocenters. The predicted molar refractivity (Wildman–Crippen MR) is 65.1 cm³/mol. The molecule has 0 saturated carbocycles. The molecule has 1 aromatic carbocycles. The Bertz CT molecular complexity index is 376. The van der Waals surface area contributed by atoms with Gasteiger partial charge in [-0.3, -0.25) is 0 Å². The van der Waals surface area contributed by atoms with Crippen molar-refractivity contribution in [3.05, 3.63) is 27.7 Å². The van der Waals surface area contributed by atoms with E-state index in [1.165, 1.54) is 5.56 Å². The minimum Gasteiger partial charge on any atom is -0.508 e. The van der Waals surface area contributed by atoms with Crippen molar-refractivity contribution >= 4 is 15.9 Å². The second-order valence-electron chi connectivity index (χ2n) is 4.42. The molecule has 1 aliphatic rings. The van der Waals surface area contributed by atoms with E-state index in [-0.39, 0.29) is 0 Å². The van der Waals surface area contributed by atoms with Crippen molar-refractivity contribution in [1.82, 2.24) is 5.32 Å². The lowest BCUT2D eigenvalue weighted by Gasteiger charge is -2.30. The Morgan fingerprint density at radius 3 is 2.87 bits per heavy atom. The molecule has 0 aromatic heterocycles. The zero-order chi connectivity index (χ0) is 11.0. The highest BCUT2D eigenvalue weighted by Crippen LogP contribution is 2.35. The number of benzene rings is 1. The van der Waals surface area contributed by atoms with Crippen LogP contribution < -0.4 is 5.32 Å². The molecule has 0 amide bonds. The standard InChI is InChI=1S/C12H16BrNO/c1-7(2)12-10-5-8(13)6-11(15)9(10)3-4-14-12/h5-7,12,14-15H,3-4H2,1-2H3. The lowest BCUT2D eigenvalue weighted by molar-refractivity contribution is 0.384. The normalized spacial score (nSPS) is 20.4. The average Bonchev–Trinajstić information content (AvgIpc) is 2.16. The summed E-state index contributed by atoms with van der Waals surface area (Å²) >= 11 is 3.43. The van der Waals surface area contributed by atoms with Gasteiger partial charge in [0.2, 0.25) is 0 Å². The van der Waals surface area contributed by atoms with Crippen LogP contribution in [0.4, 0.5) is 0 Å². The van der Waals surface area contributed by atoms with E-state index in [1.807, 2.05) is 0 Å². The number of nitrogens with one attached hydrogen (secondary N) is 1. The number of aromatic hydroxyl groups is 1. The zero-order valence-electron chi connectivity index (χ0n) is 9.05. The van der Waals surface area contributed by atoms with Gasteiger partial charge in [-0.15, -0.1) is 0 Å². The summed E-state index contributed by atoms with van der Waals surface area (Å²) in [5.74, 6) is 0.962. The largest absolute Gasteiger partial charge is 0.508 e. The molecule has 0 fully saturated rings. The summed E-state index contributed by atoms with van der Waals surface area (Å²) in [4.78, 5) is 0. The van der Waals surface area contributed by atoms with Crippen molar-refractivity contribution < 1.29 is 5.11 Å². The number of hydrogen-bond acceptors (Lipinski definition) is 2. The summed E-state index contributed by atoms with van der Waals surface area (Å²) in [5.41, 5.74) is 2.35. The third-order valence-electron chi connectivity index (χ3n) is 2.97. The summed E-state index contributed by atoms with van der Waals surface area (Å²) in [6, 6.07) is 4.25. The molecule has 1 heterocycles. The second-order valence-corrected chi connectivity index (χ2v) is 5.33. The Hall–Kier alpha value is -0.540. The third-order valence-corrected chi connectivity index (χ3v) is 3.42. The number of phenolic OH excluding ortho intramolecular Hbond substituents is 1. The first kappa shape index (κ1) is 11.0. The lowest BCUT2D eigenvalue weighted by atomic mass is 9.87. The van der Waals surface area contributed by atoms with Gasteiger partial charge in [0.15, 0.2) is 0 Å². The zero-order valence-corrected chi connectivity index (χ0v) is 10.6. The minimum atomic E-state index is 0.358. The monoisotopic (exact) mass is 269 g/mol. The van der Waals surface area contributed by atoms with Crippen LogP contribution in [0, 0.1) is 5.92 Å². The molecule has 2 nitrogen and oxygen atoms in total. The van der Waals surface area contributed by atoms with Gasteiger partial charge in [0, 0.05) is 10.5 Å². The fourth-order valence-electron chi connectivity index (χ4n) is 2.25. The number of phenols is 1. The number of fused-ring (bicyclic) bond motifs is 1. The van der Waals surface area contributed by atoms with E-state index >= 15 is 0 Å². The van der Waals surface area contributed by atoms with Gasteiger partial charge >= 0.3 is 0 Å². The molecular formula is C12H16BrNO. The lowest BCUT2D eigenvalue weighted by Crippen LogP contribution is -2.33. The van der Waals surface area contributed by atoms with Crippen molar-refractivity contribution in [3.63, 3.8) is 0 Å². The molecule has 1 aromatic rings. The Balaban J connectivity index is 2.50. The van der Waals surface area contributed by atoms with Crippen LogP contribution in [0.2, 0.25) is 0 Å². The van der Waals surface area contributed by atoms with Gasteiger partial charge in [-0.2, -0.15) is 0 Å². The maximum atomic E-state index is 9.88. The molecule has 0 aliphatic carbocycles. The molecule has 3 heteroatoms. The van der Waals surface area contributed by atoms with Gasteiger partial charge in [-0.1, -0.05) is 29.8 Å². The van der Waals surface area contributed by atoms with Crippen molar-refractivity contribution in [1.29, 1.82) is 0 Å². The van der Waals surface area contributed by atoms with Crippen molar-refractivity contribution in [3.8, 4) is 5.75 Å². The number of halogens is 1. The van der Waals surface area contributed by atoms with Crippen LogP contribution in [0.5, 0.6) is 5.75 Å². The van der Waals surface area contributed by atoms with Crippen LogP contribution in [-0.2, 0) is 6.42 Å². The van der Waals surface area contributed by atoms with E-state index < -0.39 is 0 Å². The first-order valence-corrected chi connectivity index (χ1v) is 6.13. The molecule has 1 unspecified atom stereocenters. The van der Waals surface area contributed by atoms with E-state index in [1.54, 1.807) is 6.07 Å². The summed E-state index contributed by atoms with van der Waals surface area (Å²) in [6.45, 7) is 5.35. The quantitative estimate of drug-likeness (QED) is 0.822.